The molecule has 2 aromatic rings. The lowest BCUT2D eigenvalue weighted by Crippen LogP contribution is -2.42. The van der Waals surface area contributed by atoms with E-state index in [1.54, 1.807) is 0 Å². The topological polar surface area (TPSA) is 52.1 Å². The van der Waals surface area contributed by atoms with Gasteiger partial charge in [0.1, 0.15) is 5.84 Å². The smallest absolute Gasteiger partial charge is 0.193 e. The summed E-state index contributed by atoms with van der Waals surface area (Å²) < 4.78 is 5.45. The van der Waals surface area contributed by atoms with E-state index in [1.165, 1.54) is 16.8 Å². The highest BCUT2D eigenvalue weighted by molar-refractivity contribution is 6.02. The molecular formula is C25H29N5O. The van der Waals surface area contributed by atoms with E-state index in [0.29, 0.717) is 5.92 Å². The average Bonchev–Trinajstić information content (AvgIpc) is 3.22. The first-order valence-corrected chi connectivity index (χ1v) is 11.0. The number of rotatable bonds is 5. The molecule has 0 spiro atoms. The second-order valence-electron chi connectivity index (χ2n) is 8.34. The van der Waals surface area contributed by atoms with E-state index in [4.69, 9.17) is 9.73 Å². The molecule has 31 heavy (non-hydrogen) atoms. The predicted octanol–water partition coefficient (Wildman–Crippen LogP) is 4.17. The Morgan fingerprint density at radius 2 is 1.90 bits per heavy atom. The number of nitrogens with zero attached hydrogens (tertiary/aromatic N) is 3. The molecule has 6 nitrogen and oxygen atoms in total. The van der Waals surface area contributed by atoms with Gasteiger partial charge in [0.15, 0.2) is 6.29 Å². The first-order chi connectivity index (χ1) is 15.2. The van der Waals surface area contributed by atoms with Gasteiger partial charge in [0.2, 0.25) is 0 Å². The van der Waals surface area contributed by atoms with Crippen LogP contribution in [0.25, 0.3) is 5.70 Å². The summed E-state index contributed by atoms with van der Waals surface area (Å²) in [5, 5.41) is 5.55. The summed E-state index contributed by atoms with van der Waals surface area (Å²) in [7, 11) is 0. The van der Waals surface area contributed by atoms with Crippen LogP contribution in [0.15, 0.2) is 71.8 Å². The van der Waals surface area contributed by atoms with Gasteiger partial charge in [-0.25, -0.2) is 4.99 Å². The quantitative estimate of drug-likeness (QED) is 0.768. The monoisotopic (exact) mass is 415 g/mol. The van der Waals surface area contributed by atoms with Gasteiger partial charge in [-0.15, -0.1) is 0 Å². The zero-order valence-electron chi connectivity index (χ0n) is 18.1. The highest BCUT2D eigenvalue weighted by Crippen LogP contribution is 2.28. The Kier molecular flexibility index (Phi) is 5.49. The van der Waals surface area contributed by atoms with Crippen LogP contribution in [0.5, 0.6) is 0 Å². The molecule has 2 aromatic carbocycles. The summed E-state index contributed by atoms with van der Waals surface area (Å²) in [5.74, 6) is 1.41. The number of hydrogen-bond donors (Lipinski definition) is 2. The Morgan fingerprint density at radius 1 is 1.10 bits per heavy atom. The molecule has 3 heterocycles. The second-order valence-corrected chi connectivity index (χ2v) is 8.34. The predicted molar refractivity (Wildman–Crippen MR) is 127 cm³/mol. The molecule has 6 heteroatoms. The van der Waals surface area contributed by atoms with Crippen molar-refractivity contribution in [2.75, 3.05) is 36.5 Å². The maximum absolute atomic E-state index is 5.45. The number of fused-ring (bicyclic) bond motifs is 1. The normalized spacial score (nSPS) is 20.5. The van der Waals surface area contributed by atoms with Crippen LogP contribution in [0.2, 0.25) is 0 Å². The number of hydrogen-bond acceptors (Lipinski definition) is 6. The molecule has 0 aliphatic carbocycles. The van der Waals surface area contributed by atoms with Crippen LogP contribution in [-0.2, 0) is 4.74 Å². The first kappa shape index (κ1) is 19.8. The number of benzene rings is 2. The molecule has 160 valence electrons. The molecule has 1 unspecified atom stereocenters. The van der Waals surface area contributed by atoms with Crippen molar-refractivity contribution in [1.29, 1.82) is 0 Å². The van der Waals surface area contributed by atoms with Crippen LogP contribution >= 0.6 is 0 Å². The number of anilines is 2. The van der Waals surface area contributed by atoms with Crippen LogP contribution in [-0.4, -0.2) is 43.4 Å². The number of allylic oxidation sites excluding steroid dienone is 2. The molecule has 0 bridgehead atoms. The molecule has 3 aliphatic rings. The minimum atomic E-state index is -0.219. The van der Waals surface area contributed by atoms with Crippen molar-refractivity contribution in [2.24, 2.45) is 4.99 Å². The number of nitrogens with one attached hydrogen (secondary N) is 2. The van der Waals surface area contributed by atoms with Crippen LogP contribution < -0.4 is 15.6 Å². The van der Waals surface area contributed by atoms with Gasteiger partial charge < -0.3 is 15.0 Å². The van der Waals surface area contributed by atoms with Gasteiger partial charge in [0, 0.05) is 24.5 Å². The third-order valence-electron chi connectivity index (χ3n) is 5.88. The maximum atomic E-state index is 5.45. The minimum absolute atomic E-state index is 0.219. The Hall–Kier alpha value is -3.09. The summed E-state index contributed by atoms with van der Waals surface area (Å²) in [5.41, 5.74) is 9.38. The number of morpholine rings is 1. The molecule has 1 saturated heterocycles. The van der Waals surface area contributed by atoms with E-state index in [-0.39, 0.29) is 6.29 Å². The van der Waals surface area contributed by atoms with Crippen LogP contribution in [0, 0.1) is 0 Å². The van der Waals surface area contributed by atoms with E-state index in [9.17, 15) is 0 Å². The molecule has 5 rings (SSSR count). The lowest BCUT2D eigenvalue weighted by molar-refractivity contribution is 0.122. The SMILES string of the molecule is CC(C)c1cccc(C2=CC=CC3=NC(Nc4ccc(N5CCOCC5)cc4)NN23)c1. The molecule has 1 atom stereocenters. The van der Waals surface area contributed by atoms with Gasteiger partial charge in [-0.1, -0.05) is 38.1 Å². The zero-order chi connectivity index (χ0) is 21.2. The highest BCUT2D eigenvalue weighted by atomic mass is 16.5. The van der Waals surface area contributed by atoms with E-state index in [0.717, 1.165) is 43.5 Å². The van der Waals surface area contributed by atoms with Crippen molar-refractivity contribution in [1.82, 2.24) is 10.4 Å². The molecule has 0 amide bonds. The van der Waals surface area contributed by atoms with Crippen LogP contribution in [0.3, 0.4) is 0 Å². The molecule has 3 aliphatic heterocycles. The molecule has 0 saturated carbocycles. The van der Waals surface area contributed by atoms with E-state index in [2.05, 4.69) is 95.2 Å². The zero-order valence-corrected chi connectivity index (χ0v) is 18.1. The first-order valence-electron chi connectivity index (χ1n) is 11.0. The fraction of sp³-hybridized carbons (Fsp3) is 0.320. The lowest BCUT2D eigenvalue weighted by atomic mass is 9.99. The molecule has 0 radical (unpaired) electrons. The van der Waals surface area contributed by atoms with Gasteiger partial charge in [0.25, 0.3) is 0 Å². The number of amidine groups is 1. The van der Waals surface area contributed by atoms with Crippen LogP contribution in [0.1, 0.15) is 30.9 Å². The summed E-state index contributed by atoms with van der Waals surface area (Å²) in [6, 6.07) is 17.3. The second kappa shape index (κ2) is 8.57. The fourth-order valence-corrected chi connectivity index (χ4v) is 4.11. The summed E-state index contributed by atoms with van der Waals surface area (Å²) in [6.45, 7) is 7.92. The molecule has 2 N–H and O–H groups in total. The third kappa shape index (κ3) is 4.22. The Labute approximate surface area is 183 Å². The molecule has 0 aromatic heterocycles. The number of aliphatic imine (C=N–C) groups is 1. The van der Waals surface area contributed by atoms with Crippen molar-refractivity contribution in [3.8, 4) is 0 Å². The fourth-order valence-electron chi connectivity index (χ4n) is 4.11. The van der Waals surface area contributed by atoms with Crippen molar-refractivity contribution >= 4 is 22.9 Å². The highest BCUT2D eigenvalue weighted by Gasteiger charge is 2.28. The van der Waals surface area contributed by atoms with E-state index >= 15 is 0 Å². The summed E-state index contributed by atoms with van der Waals surface area (Å²) in [6.07, 6.45) is 6.01. The van der Waals surface area contributed by atoms with Gasteiger partial charge >= 0.3 is 0 Å². The van der Waals surface area contributed by atoms with Crippen molar-refractivity contribution in [2.45, 2.75) is 26.1 Å². The Morgan fingerprint density at radius 3 is 2.68 bits per heavy atom. The summed E-state index contributed by atoms with van der Waals surface area (Å²) in [4.78, 5) is 7.17. The standard InChI is InChI=1S/C25H29N5O/c1-18(2)19-5-3-6-20(17-19)23-7-4-8-24-27-25(28-30(23)24)26-21-9-11-22(12-10-21)29-13-15-31-16-14-29/h3-12,17-18,25-26,28H,13-16H2,1-2H3. The van der Waals surface area contributed by atoms with Crippen molar-refractivity contribution in [3.63, 3.8) is 0 Å². The number of hydrazine groups is 1. The minimum Gasteiger partial charge on any atom is -0.378 e. The number of ether oxygens (including phenoxy) is 1. The third-order valence-corrected chi connectivity index (χ3v) is 5.88. The van der Waals surface area contributed by atoms with Gasteiger partial charge in [-0.05, 0) is 59.5 Å². The van der Waals surface area contributed by atoms with Gasteiger partial charge in [-0.2, -0.15) is 5.43 Å². The van der Waals surface area contributed by atoms with Crippen LogP contribution in [0.4, 0.5) is 11.4 Å². The van der Waals surface area contributed by atoms with E-state index < -0.39 is 0 Å². The molecule has 1 fully saturated rings. The van der Waals surface area contributed by atoms with Gasteiger partial charge in [-0.3, -0.25) is 5.01 Å². The molecular weight excluding hydrogens is 386 g/mol. The Balaban J connectivity index is 1.28. The average molecular weight is 416 g/mol. The lowest BCUT2D eigenvalue weighted by Gasteiger charge is -2.29. The van der Waals surface area contributed by atoms with E-state index in [1.807, 2.05) is 6.08 Å². The maximum Gasteiger partial charge on any atom is 0.193 e. The Bertz CT molecular complexity index is 1020. The van der Waals surface area contributed by atoms with Crippen molar-refractivity contribution in [3.05, 3.63) is 77.9 Å². The van der Waals surface area contributed by atoms with Gasteiger partial charge in [0.05, 0.1) is 18.9 Å². The summed E-state index contributed by atoms with van der Waals surface area (Å²) >= 11 is 0. The van der Waals surface area contributed by atoms with Crippen molar-refractivity contribution < 1.29 is 4.74 Å². The largest absolute Gasteiger partial charge is 0.378 e.